The van der Waals surface area contributed by atoms with Crippen molar-refractivity contribution in [1.29, 1.82) is 0 Å². The van der Waals surface area contributed by atoms with Crippen LogP contribution < -0.4 is 10.1 Å². The zero-order chi connectivity index (χ0) is 18.5. The number of halogens is 1. The highest BCUT2D eigenvalue weighted by Gasteiger charge is 2.29. The van der Waals surface area contributed by atoms with Crippen LogP contribution in [0.25, 0.3) is 0 Å². The summed E-state index contributed by atoms with van der Waals surface area (Å²) in [6.07, 6.45) is 2.18. The maximum Gasteiger partial charge on any atom is 0.227 e. The normalized spacial score (nSPS) is 21.8. The lowest BCUT2D eigenvalue weighted by molar-refractivity contribution is -0.138. The zero-order valence-corrected chi connectivity index (χ0v) is 16.6. The first-order chi connectivity index (χ1) is 12.5. The highest BCUT2D eigenvalue weighted by Crippen LogP contribution is 2.28. The first kappa shape index (κ1) is 19.5. The van der Waals surface area contributed by atoms with Gasteiger partial charge in [-0.1, -0.05) is 17.7 Å². The van der Waals surface area contributed by atoms with Crippen molar-refractivity contribution in [3.8, 4) is 5.75 Å². The molecule has 1 aromatic carbocycles. The van der Waals surface area contributed by atoms with Gasteiger partial charge in [0, 0.05) is 39.3 Å². The molecule has 144 valence electrons. The van der Waals surface area contributed by atoms with Crippen LogP contribution in [0.2, 0.25) is 5.02 Å². The third-order valence-corrected chi connectivity index (χ3v) is 5.34. The Hall–Kier alpha value is -1.30. The summed E-state index contributed by atoms with van der Waals surface area (Å²) in [4.78, 5) is 17.2. The fourth-order valence-electron chi connectivity index (χ4n) is 3.79. The average molecular weight is 380 g/mol. The van der Waals surface area contributed by atoms with Gasteiger partial charge in [-0.2, -0.15) is 0 Å². The van der Waals surface area contributed by atoms with Gasteiger partial charge < -0.3 is 15.0 Å². The molecular formula is C20H30ClN3O2. The van der Waals surface area contributed by atoms with Crippen LogP contribution in [0.4, 0.5) is 0 Å². The summed E-state index contributed by atoms with van der Waals surface area (Å²) in [5.41, 5.74) is 1.17. The molecule has 0 spiro atoms. The molecule has 1 aromatic rings. The van der Waals surface area contributed by atoms with E-state index >= 15 is 0 Å². The lowest BCUT2D eigenvalue weighted by Gasteiger charge is -2.36. The fraction of sp³-hybridized carbons (Fsp3) is 0.650. The van der Waals surface area contributed by atoms with Gasteiger partial charge in [-0.15, -0.1) is 0 Å². The molecule has 2 fully saturated rings. The maximum atomic E-state index is 12.8. The Morgan fingerprint density at radius 2 is 2.08 bits per heavy atom. The minimum Gasteiger partial charge on any atom is -0.489 e. The van der Waals surface area contributed by atoms with Crippen LogP contribution in [0.5, 0.6) is 5.75 Å². The van der Waals surface area contributed by atoms with Crippen LogP contribution in [-0.4, -0.2) is 61.1 Å². The molecule has 1 amide bonds. The van der Waals surface area contributed by atoms with Gasteiger partial charge in [0.05, 0.1) is 17.0 Å². The maximum absolute atomic E-state index is 12.8. The van der Waals surface area contributed by atoms with E-state index in [-0.39, 0.29) is 12.0 Å². The lowest BCUT2D eigenvalue weighted by atomic mass is 9.95. The molecule has 2 aliphatic heterocycles. The molecule has 0 saturated carbocycles. The quantitative estimate of drug-likeness (QED) is 0.854. The summed E-state index contributed by atoms with van der Waals surface area (Å²) in [5.74, 6) is 1.19. The number of amides is 1. The Bertz CT molecular complexity index is 617. The third-order valence-electron chi connectivity index (χ3n) is 5.05. The van der Waals surface area contributed by atoms with E-state index in [2.05, 4.69) is 16.3 Å². The second-order valence-electron chi connectivity index (χ2n) is 7.58. The molecule has 6 heteroatoms. The van der Waals surface area contributed by atoms with Crippen molar-refractivity contribution in [3.05, 3.63) is 28.8 Å². The van der Waals surface area contributed by atoms with Crippen LogP contribution in [0.1, 0.15) is 32.3 Å². The Kier molecular flexibility index (Phi) is 6.79. The first-order valence-electron chi connectivity index (χ1n) is 9.70. The minimum absolute atomic E-state index is 0.109. The summed E-state index contributed by atoms with van der Waals surface area (Å²) < 4.78 is 5.70. The first-order valence-corrected chi connectivity index (χ1v) is 10.1. The van der Waals surface area contributed by atoms with Crippen molar-refractivity contribution in [2.24, 2.45) is 5.92 Å². The number of hydrogen-bond acceptors (Lipinski definition) is 4. The third kappa shape index (κ3) is 5.12. The number of piperidine rings is 1. The number of carbonyl (C=O) groups is 1. The number of carbonyl (C=O) groups excluding carboxylic acids is 1. The van der Waals surface area contributed by atoms with Gasteiger partial charge in [0.15, 0.2) is 0 Å². The van der Waals surface area contributed by atoms with Crippen molar-refractivity contribution in [2.75, 3.05) is 39.3 Å². The van der Waals surface area contributed by atoms with Gasteiger partial charge >= 0.3 is 0 Å². The Morgan fingerprint density at radius 1 is 1.31 bits per heavy atom. The van der Waals surface area contributed by atoms with E-state index < -0.39 is 0 Å². The van der Waals surface area contributed by atoms with E-state index in [0.29, 0.717) is 10.9 Å². The van der Waals surface area contributed by atoms with Gasteiger partial charge in [0.2, 0.25) is 5.91 Å². The molecule has 3 rings (SSSR count). The molecule has 5 nitrogen and oxygen atoms in total. The minimum atomic E-state index is 0.109. The van der Waals surface area contributed by atoms with Gasteiger partial charge in [-0.05, 0) is 50.9 Å². The molecule has 0 aliphatic carbocycles. The van der Waals surface area contributed by atoms with E-state index in [1.807, 2.05) is 30.9 Å². The van der Waals surface area contributed by atoms with Crippen LogP contribution in [0.3, 0.4) is 0 Å². The highest BCUT2D eigenvalue weighted by molar-refractivity contribution is 6.32. The summed E-state index contributed by atoms with van der Waals surface area (Å²) in [5, 5.41) is 3.96. The summed E-state index contributed by atoms with van der Waals surface area (Å²) in [7, 11) is 0. The molecule has 1 N–H and O–H groups in total. The van der Waals surface area contributed by atoms with Crippen LogP contribution in [0.15, 0.2) is 18.2 Å². The lowest BCUT2D eigenvalue weighted by Crippen LogP contribution is -2.51. The average Bonchev–Trinajstić information content (AvgIpc) is 2.64. The van der Waals surface area contributed by atoms with E-state index in [9.17, 15) is 4.79 Å². The van der Waals surface area contributed by atoms with Crippen molar-refractivity contribution in [2.45, 2.75) is 39.3 Å². The van der Waals surface area contributed by atoms with Crippen molar-refractivity contribution < 1.29 is 9.53 Å². The van der Waals surface area contributed by atoms with Crippen LogP contribution >= 0.6 is 11.6 Å². The molecule has 2 saturated heterocycles. The van der Waals surface area contributed by atoms with Crippen LogP contribution in [0, 0.1) is 5.92 Å². The SMILES string of the molecule is CC(C)Oc1ccc(CN2CCCC(C(=O)N3CCNCC3)C2)cc1Cl. The molecule has 0 aromatic heterocycles. The zero-order valence-electron chi connectivity index (χ0n) is 15.8. The Morgan fingerprint density at radius 3 is 2.77 bits per heavy atom. The number of likely N-dealkylation sites (tertiary alicyclic amines) is 1. The number of piperazine rings is 1. The van der Waals surface area contributed by atoms with E-state index in [1.165, 1.54) is 5.56 Å². The predicted octanol–water partition coefficient (Wildman–Crippen LogP) is 2.77. The molecular weight excluding hydrogens is 350 g/mol. The molecule has 1 atom stereocenters. The van der Waals surface area contributed by atoms with E-state index in [0.717, 1.165) is 64.4 Å². The fourth-order valence-corrected chi connectivity index (χ4v) is 4.04. The van der Waals surface area contributed by atoms with Crippen molar-refractivity contribution >= 4 is 17.5 Å². The molecule has 1 unspecified atom stereocenters. The molecule has 0 bridgehead atoms. The van der Waals surface area contributed by atoms with Gasteiger partial charge in [0.1, 0.15) is 5.75 Å². The molecule has 2 aliphatic rings. The van der Waals surface area contributed by atoms with Gasteiger partial charge in [-0.25, -0.2) is 0 Å². The highest BCUT2D eigenvalue weighted by atomic mass is 35.5. The van der Waals surface area contributed by atoms with E-state index in [1.54, 1.807) is 0 Å². The number of benzene rings is 1. The second kappa shape index (κ2) is 9.07. The number of nitrogens with one attached hydrogen (secondary N) is 1. The smallest absolute Gasteiger partial charge is 0.227 e. The summed E-state index contributed by atoms with van der Waals surface area (Å²) >= 11 is 6.36. The van der Waals surface area contributed by atoms with E-state index in [4.69, 9.17) is 16.3 Å². The molecule has 0 radical (unpaired) electrons. The number of rotatable bonds is 5. The number of hydrogen-bond donors (Lipinski definition) is 1. The predicted molar refractivity (Wildman–Crippen MR) is 105 cm³/mol. The molecule has 26 heavy (non-hydrogen) atoms. The van der Waals surface area contributed by atoms with Crippen molar-refractivity contribution in [3.63, 3.8) is 0 Å². The summed E-state index contributed by atoms with van der Waals surface area (Å²) in [6.45, 7) is 10.2. The largest absolute Gasteiger partial charge is 0.489 e. The monoisotopic (exact) mass is 379 g/mol. The standard InChI is InChI=1S/C20H30ClN3O2/c1-15(2)26-19-6-5-16(12-18(19)21)13-23-9-3-4-17(14-23)20(25)24-10-7-22-8-11-24/h5-6,12,15,17,22H,3-4,7-11,13-14H2,1-2H3. The Labute approximate surface area is 161 Å². The summed E-state index contributed by atoms with van der Waals surface area (Å²) in [6, 6.07) is 6.01. The molecule has 2 heterocycles. The van der Waals surface area contributed by atoms with Crippen LogP contribution in [-0.2, 0) is 11.3 Å². The van der Waals surface area contributed by atoms with Gasteiger partial charge in [0.25, 0.3) is 0 Å². The number of ether oxygens (including phenoxy) is 1. The van der Waals surface area contributed by atoms with Crippen molar-refractivity contribution in [1.82, 2.24) is 15.1 Å². The Balaban J connectivity index is 1.58. The van der Waals surface area contributed by atoms with Gasteiger partial charge in [-0.3, -0.25) is 9.69 Å². The topological polar surface area (TPSA) is 44.8 Å². The number of nitrogens with zero attached hydrogens (tertiary/aromatic N) is 2. The second-order valence-corrected chi connectivity index (χ2v) is 7.99.